The monoisotopic (exact) mass is 305 g/mol. The molecule has 4 nitrogen and oxygen atoms in total. The van der Waals surface area contributed by atoms with Gasteiger partial charge in [0.05, 0.1) is 17.5 Å². The first-order valence-electron chi connectivity index (χ1n) is 7.65. The summed E-state index contributed by atoms with van der Waals surface area (Å²) in [6, 6.07) is 6.31. The number of nitrogens with one attached hydrogen (secondary N) is 2. The number of H-pyrrole nitrogens is 1. The molecule has 0 aliphatic rings. The number of halogens is 1. The van der Waals surface area contributed by atoms with Gasteiger partial charge in [-0.2, -0.15) is 5.10 Å². The van der Waals surface area contributed by atoms with Crippen LogP contribution in [0.2, 0.25) is 0 Å². The number of hydrogen-bond donors (Lipinski definition) is 3. The SMILES string of the molecule is CCC(C)C(C)(O)CNCc1cn[nH]c1-c1ccc(F)cc1. The Kier molecular flexibility index (Phi) is 5.32. The Hall–Kier alpha value is -1.72. The van der Waals surface area contributed by atoms with Crippen LogP contribution in [0.5, 0.6) is 0 Å². The molecular formula is C17H24FN3O. The minimum absolute atomic E-state index is 0.223. The van der Waals surface area contributed by atoms with Crippen LogP contribution in [0.4, 0.5) is 4.39 Å². The lowest BCUT2D eigenvalue weighted by Gasteiger charge is -2.30. The molecule has 1 aromatic heterocycles. The van der Waals surface area contributed by atoms with Gasteiger partial charge in [-0.15, -0.1) is 0 Å². The minimum Gasteiger partial charge on any atom is -0.389 e. The van der Waals surface area contributed by atoms with Gasteiger partial charge in [-0.3, -0.25) is 5.10 Å². The van der Waals surface area contributed by atoms with E-state index in [9.17, 15) is 9.50 Å². The van der Waals surface area contributed by atoms with Crippen molar-refractivity contribution < 1.29 is 9.50 Å². The van der Waals surface area contributed by atoms with Crippen LogP contribution in [0.15, 0.2) is 30.5 Å². The number of hydrogen-bond acceptors (Lipinski definition) is 3. The maximum absolute atomic E-state index is 13.0. The molecule has 0 saturated carbocycles. The molecule has 2 unspecified atom stereocenters. The number of benzene rings is 1. The number of rotatable bonds is 7. The summed E-state index contributed by atoms with van der Waals surface area (Å²) >= 11 is 0. The molecule has 0 spiro atoms. The fraction of sp³-hybridized carbons (Fsp3) is 0.471. The molecule has 1 heterocycles. The van der Waals surface area contributed by atoms with Crippen molar-refractivity contribution in [1.82, 2.24) is 15.5 Å². The van der Waals surface area contributed by atoms with Crippen molar-refractivity contribution in [2.45, 2.75) is 39.3 Å². The van der Waals surface area contributed by atoms with Gasteiger partial charge in [0.2, 0.25) is 0 Å². The predicted molar refractivity (Wildman–Crippen MR) is 85.8 cm³/mol. The smallest absolute Gasteiger partial charge is 0.123 e. The second kappa shape index (κ2) is 7.03. The normalized spacial score (nSPS) is 15.5. The molecule has 22 heavy (non-hydrogen) atoms. The minimum atomic E-state index is -0.742. The van der Waals surface area contributed by atoms with E-state index in [1.807, 2.05) is 13.8 Å². The summed E-state index contributed by atoms with van der Waals surface area (Å²) in [7, 11) is 0. The molecule has 2 rings (SSSR count). The third-order valence-corrected chi connectivity index (χ3v) is 4.32. The van der Waals surface area contributed by atoms with Crippen LogP contribution < -0.4 is 5.32 Å². The maximum Gasteiger partial charge on any atom is 0.123 e. The predicted octanol–water partition coefficient (Wildman–Crippen LogP) is 3.10. The molecule has 0 aliphatic carbocycles. The number of aliphatic hydroxyl groups is 1. The van der Waals surface area contributed by atoms with Crippen LogP contribution in [0.1, 0.15) is 32.8 Å². The highest BCUT2D eigenvalue weighted by molar-refractivity contribution is 5.62. The zero-order chi connectivity index (χ0) is 16.2. The summed E-state index contributed by atoms with van der Waals surface area (Å²) in [5.74, 6) is -0.0338. The largest absolute Gasteiger partial charge is 0.389 e. The highest BCUT2D eigenvalue weighted by atomic mass is 19.1. The highest BCUT2D eigenvalue weighted by Crippen LogP contribution is 2.22. The lowest BCUT2D eigenvalue weighted by atomic mass is 9.88. The van der Waals surface area contributed by atoms with E-state index in [0.717, 1.165) is 23.2 Å². The van der Waals surface area contributed by atoms with Crippen molar-refractivity contribution in [3.05, 3.63) is 41.8 Å². The lowest BCUT2D eigenvalue weighted by molar-refractivity contribution is 0.00535. The standard InChI is InChI=1S/C17H24FN3O/c1-4-12(2)17(3,22)11-19-9-14-10-20-21-16(14)13-5-7-15(18)8-6-13/h5-8,10,12,19,22H,4,9,11H2,1-3H3,(H,20,21). The molecule has 1 aromatic carbocycles. The van der Waals surface area contributed by atoms with Gasteiger partial charge < -0.3 is 10.4 Å². The zero-order valence-corrected chi connectivity index (χ0v) is 13.4. The third-order valence-electron chi connectivity index (χ3n) is 4.32. The first kappa shape index (κ1) is 16.6. The van der Waals surface area contributed by atoms with Gasteiger partial charge in [0, 0.05) is 24.2 Å². The van der Waals surface area contributed by atoms with Gasteiger partial charge in [-0.1, -0.05) is 20.3 Å². The Labute approximate surface area is 130 Å². The summed E-state index contributed by atoms with van der Waals surface area (Å²) in [5.41, 5.74) is 2.01. The Morgan fingerprint density at radius 2 is 2.05 bits per heavy atom. The third kappa shape index (κ3) is 3.93. The number of nitrogens with zero attached hydrogens (tertiary/aromatic N) is 1. The van der Waals surface area contributed by atoms with Crippen molar-refractivity contribution in [3.8, 4) is 11.3 Å². The van der Waals surface area contributed by atoms with E-state index in [0.29, 0.717) is 13.1 Å². The summed E-state index contributed by atoms with van der Waals surface area (Å²) < 4.78 is 13.0. The number of aromatic nitrogens is 2. The maximum atomic E-state index is 13.0. The van der Waals surface area contributed by atoms with Crippen LogP contribution in [0.3, 0.4) is 0 Å². The van der Waals surface area contributed by atoms with E-state index < -0.39 is 5.60 Å². The van der Waals surface area contributed by atoms with E-state index in [4.69, 9.17) is 0 Å². The molecule has 0 aliphatic heterocycles. The van der Waals surface area contributed by atoms with Gasteiger partial charge in [-0.25, -0.2) is 4.39 Å². The topological polar surface area (TPSA) is 60.9 Å². The van der Waals surface area contributed by atoms with E-state index in [-0.39, 0.29) is 11.7 Å². The second-order valence-corrected chi connectivity index (χ2v) is 6.05. The average Bonchev–Trinajstić information content (AvgIpc) is 2.95. The summed E-state index contributed by atoms with van der Waals surface area (Å²) in [5, 5.41) is 20.7. The van der Waals surface area contributed by atoms with Gasteiger partial charge in [0.25, 0.3) is 0 Å². The molecule has 0 radical (unpaired) electrons. The van der Waals surface area contributed by atoms with Crippen molar-refractivity contribution in [2.75, 3.05) is 6.54 Å². The molecule has 0 saturated heterocycles. The Bertz CT molecular complexity index is 592. The van der Waals surface area contributed by atoms with Crippen molar-refractivity contribution in [3.63, 3.8) is 0 Å². The van der Waals surface area contributed by atoms with Crippen LogP contribution in [-0.4, -0.2) is 27.4 Å². The Morgan fingerprint density at radius 3 is 2.68 bits per heavy atom. The second-order valence-electron chi connectivity index (χ2n) is 6.05. The van der Waals surface area contributed by atoms with E-state index >= 15 is 0 Å². The highest BCUT2D eigenvalue weighted by Gasteiger charge is 2.26. The van der Waals surface area contributed by atoms with Gasteiger partial charge in [-0.05, 0) is 37.1 Å². The fourth-order valence-corrected chi connectivity index (χ4v) is 2.38. The van der Waals surface area contributed by atoms with E-state index in [1.165, 1.54) is 12.1 Å². The van der Waals surface area contributed by atoms with Gasteiger partial charge in [0.15, 0.2) is 0 Å². The first-order chi connectivity index (χ1) is 10.4. The first-order valence-corrected chi connectivity index (χ1v) is 7.65. The molecule has 5 heteroatoms. The van der Waals surface area contributed by atoms with Crippen LogP contribution in [-0.2, 0) is 6.54 Å². The molecule has 2 atom stereocenters. The van der Waals surface area contributed by atoms with E-state index in [1.54, 1.807) is 18.3 Å². The molecule has 3 N–H and O–H groups in total. The quantitative estimate of drug-likeness (QED) is 0.736. The molecular weight excluding hydrogens is 281 g/mol. The van der Waals surface area contributed by atoms with Crippen molar-refractivity contribution in [1.29, 1.82) is 0 Å². The van der Waals surface area contributed by atoms with Crippen LogP contribution >= 0.6 is 0 Å². The molecule has 0 bridgehead atoms. The van der Waals surface area contributed by atoms with Crippen molar-refractivity contribution >= 4 is 0 Å². The summed E-state index contributed by atoms with van der Waals surface area (Å²) in [6.45, 7) is 7.07. The molecule has 0 fully saturated rings. The van der Waals surface area contributed by atoms with Gasteiger partial charge >= 0.3 is 0 Å². The zero-order valence-electron chi connectivity index (χ0n) is 13.4. The van der Waals surface area contributed by atoms with Gasteiger partial charge in [0.1, 0.15) is 5.82 Å². The average molecular weight is 305 g/mol. The fourth-order valence-electron chi connectivity index (χ4n) is 2.38. The number of aromatic amines is 1. The summed E-state index contributed by atoms with van der Waals surface area (Å²) in [6.07, 6.45) is 2.69. The molecule has 120 valence electrons. The Balaban J connectivity index is 2.00. The van der Waals surface area contributed by atoms with Crippen LogP contribution in [0.25, 0.3) is 11.3 Å². The van der Waals surface area contributed by atoms with Crippen molar-refractivity contribution in [2.24, 2.45) is 5.92 Å². The van der Waals surface area contributed by atoms with E-state index in [2.05, 4.69) is 22.4 Å². The Morgan fingerprint density at radius 1 is 1.36 bits per heavy atom. The molecule has 0 amide bonds. The van der Waals surface area contributed by atoms with Crippen LogP contribution in [0, 0.1) is 11.7 Å². The molecule has 2 aromatic rings. The summed E-state index contributed by atoms with van der Waals surface area (Å²) in [4.78, 5) is 0. The lowest BCUT2D eigenvalue weighted by Crippen LogP contribution is -2.42.